The van der Waals surface area contributed by atoms with E-state index in [9.17, 15) is 0 Å². The van der Waals surface area contributed by atoms with E-state index in [0.29, 0.717) is 6.54 Å². The van der Waals surface area contributed by atoms with Crippen LogP contribution in [0.15, 0.2) is 22.7 Å². The first-order valence-electron chi connectivity index (χ1n) is 5.99. The second kappa shape index (κ2) is 5.24. The number of aromatic nitrogens is 2. The fourth-order valence-electron chi connectivity index (χ4n) is 2.17. The van der Waals surface area contributed by atoms with Crippen LogP contribution < -0.4 is 5.73 Å². The first kappa shape index (κ1) is 13.3. The lowest BCUT2D eigenvalue weighted by Gasteiger charge is -2.07. The molecule has 0 saturated heterocycles. The Balaban J connectivity index is 2.33. The summed E-state index contributed by atoms with van der Waals surface area (Å²) in [5, 5.41) is 0. The lowest BCUT2D eigenvalue weighted by molar-refractivity contribution is 0.760. The predicted octanol–water partition coefficient (Wildman–Crippen LogP) is 2.85. The minimum Gasteiger partial charge on any atom is -0.333 e. The Bertz CT molecular complexity index is 573. The maximum absolute atomic E-state index is 5.68. The Morgan fingerprint density at radius 2 is 2.06 bits per heavy atom. The van der Waals surface area contributed by atoms with Gasteiger partial charge in [-0.15, -0.1) is 0 Å². The molecule has 4 heteroatoms. The van der Waals surface area contributed by atoms with E-state index in [1.165, 1.54) is 16.8 Å². The van der Waals surface area contributed by atoms with Crippen molar-refractivity contribution in [1.29, 1.82) is 0 Å². The van der Waals surface area contributed by atoms with Gasteiger partial charge in [-0.1, -0.05) is 28.1 Å². The molecule has 0 atom stereocenters. The fourth-order valence-corrected chi connectivity index (χ4v) is 2.42. The van der Waals surface area contributed by atoms with Gasteiger partial charge in [-0.3, -0.25) is 0 Å². The van der Waals surface area contributed by atoms with Crippen LogP contribution in [0.25, 0.3) is 0 Å². The van der Waals surface area contributed by atoms with Gasteiger partial charge in [-0.05, 0) is 31.0 Å². The van der Waals surface area contributed by atoms with Crippen molar-refractivity contribution in [2.45, 2.75) is 26.8 Å². The third kappa shape index (κ3) is 2.49. The molecular formula is C14H18BrN3. The highest BCUT2D eigenvalue weighted by atomic mass is 79.9. The fraction of sp³-hybridized carbons (Fsp3) is 0.357. The number of nitrogens with zero attached hydrogens (tertiary/aromatic N) is 2. The molecule has 2 aromatic rings. The Morgan fingerprint density at radius 3 is 2.61 bits per heavy atom. The summed E-state index contributed by atoms with van der Waals surface area (Å²) in [6, 6.07) is 6.45. The van der Waals surface area contributed by atoms with Crippen molar-refractivity contribution < 1.29 is 0 Å². The second-order valence-corrected chi connectivity index (χ2v) is 5.44. The molecule has 0 radical (unpaired) electrons. The lowest BCUT2D eigenvalue weighted by Crippen LogP contribution is -2.07. The Hall–Kier alpha value is -1.13. The first-order valence-corrected chi connectivity index (χ1v) is 6.78. The molecule has 0 unspecified atom stereocenters. The van der Waals surface area contributed by atoms with Crippen molar-refractivity contribution in [2.75, 3.05) is 0 Å². The van der Waals surface area contributed by atoms with E-state index in [1.807, 2.05) is 14.0 Å². The van der Waals surface area contributed by atoms with E-state index in [2.05, 4.69) is 50.6 Å². The molecule has 1 aromatic heterocycles. The quantitative estimate of drug-likeness (QED) is 0.947. The Kier molecular flexibility index (Phi) is 3.88. The van der Waals surface area contributed by atoms with Crippen LogP contribution in [-0.2, 0) is 20.0 Å². The van der Waals surface area contributed by atoms with Crippen LogP contribution in [-0.4, -0.2) is 9.55 Å². The van der Waals surface area contributed by atoms with Crippen molar-refractivity contribution in [3.05, 3.63) is 51.0 Å². The van der Waals surface area contributed by atoms with E-state index < -0.39 is 0 Å². The maximum Gasteiger partial charge on any atom is 0.122 e. The highest BCUT2D eigenvalue weighted by molar-refractivity contribution is 9.10. The first-order chi connectivity index (χ1) is 8.52. The molecule has 0 spiro atoms. The number of rotatable bonds is 3. The van der Waals surface area contributed by atoms with E-state index in [1.54, 1.807) is 0 Å². The number of benzene rings is 1. The molecule has 0 amide bonds. The standard InChI is InChI=1S/C14H18BrN3/c1-9-6-11(4-5-12(9)15)7-13-10(2)17-14(8-16)18(13)3/h4-6H,7-8,16H2,1-3H3. The van der Waals surface area contributed by atoms with Gasteiger partial charge in [0.15, 0.2) is 0 Å². The second-order valence-electron chi connectivity index (χ2n) is 4.58. The van der Waals surface area contributed by atoms with E-state index >= 15 is 0 Å². The van der Waals surface area contributed by atoms with Crippen molar-refractivity contribution >= 4 is 15.9 Å². The van der Waals surface area contributed by atoms with Crippen molar-refractivity contribution in [1.82, 2.24) is 9.55 Å². The smallest absolute Gasteiger partial charge is 0.122 e. The van der Waals surface area contributed by atoms with Gasteiger partial charge in [0.1, 0.15) is 5.82 Å². The molecule has 2 N–H and O–H groups in total. The van der Waals surface area contributed by atoms with E-state index in [4.69, 9.17) is 5.73 Å². The van der Waals surface area contributed by atoms with Crippen LogP contribution in [0.2, 0.25) is 0 Å². The van der Waals surface area contributed by atoms with Crippen LogP contribution in [0.4, 0.5) is 0 Å². The zero-order valence-electron chi connectivity index (χ0n) is 11.0. The van der Waals surface area contributed by atoms with Gasteiger partial charge in [-0.25, -0.2) is 4.98 Å². The van der Waals surface area contributed by atoms with Gasteiger partial charge in [0.25, 0.3) is 0 Å². The lowest BCUT2D eigenvalue weighted by atomic mass is 10.1. The Labute approximate surface area is 116 Å². The predicted molar refractivity (Wildman–Crippen MR) is 77.5 cm³/mol. The summed E-state index contributed by atoms with van der Waals surface area (Å²) >= 11 is 3.52. The SMILES string of the molecule is Cc1cc(Cc2c(C)nc(CN)n2C)ccc1Br. The number of hydrogen-bond donors (Lipinski definition) is 1. The van der Waals surface area contributed by atoms with Crippen LogP contribution >= 0.6 is 15.9 Å². The summed E-state index contributed by atoms with van der Waals surface area (Å²) in [6.07, 6.45) is 0.892. The number of halogens is 1. The molecule has 0 bridgehead atoms. The minimum atomic E-state index is 0.483. The molecule has 0 aliphatic carbocycles. The summed E-state index contributed by atoms with van der Waals surface area (Å²) in [6.45, 7) is 4.63. The van der Waals surface area contributed by atoms with Crippen molar-refractivity contribution in [3.63, 3.8) is 0 Å². The van der Waals surface area contributed by atoms with Crippen molar-refractivity contribution in [3.8, 4) is 0 Å². The van der Waals surface area contributed by atoms with Gasteiger partial charge in [0.05, 0.1) is 12.2 Å². The third-order valence-electron chi connectivity index (χ3n) is 3.28. The molecule has 18 heavy (non-hydrogen) atoms. The third-order valence-corrected chi connectivity index (χ3v) is 4.17. The summed E-state index contributed by atoms with van der Waals surface area (Å²) in [7, 11) is 2.03. The molecule has 3 nitrogen and oxygen atoms in total. The average molecular weight is 308 g/mol. The monoisotopic (exact) mass is 307 g/mol. The van der Waals surface area contributed by atoms with Gasteiger partial charge in [0.2, 0.25) is 0 Å². The van der Waals surface area contributed by atoms with Crippen molar-refractivity contribution in [2.24, 2.45) is 12.8 Å². The Morgan fingerprint density at radius 1 is 1.33 bits per heavy atom. The minimum absolute atomic E-state index is 0.483. The number of hydrogen-bond acceptors (Lipinski definition) is 2. The molecule has 0 aliphatic heterocycles. The highest BCUT2D eigenvalue weighted by Crippen LogP contribution is 2.20. The average Bonchev–Trinajstić information content (AvgIpc) is 2.61. The van der Waals surface area contributed by atoms with Crippen LogP contribution in [0, 0.1) is 13.8 Å². The molecule has 96 valence electrons. The molecule has 0 aliphatic rings. The van der Waals surface area contributed by atoms with E-state index in [-0.39, 0.29) is 0 Å². The van der Waals surface area contributed by atoms with Gasteiger partial charge in [-0.2, -0.15) is 0 Å². The van der Waals surface area contributed by atoms with Crippen LogP contribution in [0.3, 0.4) is 0 Å². The maximum atomic E-state index is 5.68. The molecule has 2 rings (SSSR count). The van der Waals surface area contributed by atoms with Gasteiger partial charge < -0.3 is 10.3 Å². The normalized spacial score (nSPS) is 10.9. The van der Waals surface area contributed by atoms with Crippen LogP contribution in [0.5, 0.6) is 0 Å². The molecule has 0 saturated carbocycles. The zero-order chi connectivity index (χ0) is 13.3. The molecule has 0 fully saturated rings. The molecular weight excluding hydrogens is 290 g/mol. The largest absolute Gasteiger partial charge is 0.333 e. The zero-order valence-corrected chi connectivity index (χ0v) is 12.6. The molecule has 1 aromatic carbocycles. The van der Waals surface area contributed by atoms with Crippen LogP contribution in [0.1, 0.15) is 28.3 Å². The van der Waals surface area contributed by atoms with Gasteiger partial charge in [0, 0.05) is 23.6 Å². The number of imidazole rings is 1. The summed E-state index contributed by atoms with van der Waals surface area (Å²) in [5.41, 5.74) is 10.5. The highest BCUT2D eigenvalue weighted by Gasteiger charge is 2.11. The number of aryl methyl sites for hydroxylation is 2. The topological polar surface area (TPSA) is 43.8 Å². The summed E-state index contributed by atoms with van der Waals surface area (Å²) in [5.74, 6) is 0.941. The molecule has 1 heterocycles. The van der Waals surface area contributed by atoms with Gasteiger partial charge >= 0.3 is 0 Å². The summed E-state index contributed by atoms with van der Waals surface area (Å²) in [4.78, 5) is 4.49. The number of nitrogens with two attached hydrogens (primary N) is 1. The summed E-state index contributed by atoms with van der Waals surface area (Å²) < 4.78 is 3.25. The van der Waals surface area contributed by atoms with E-state index in [0.717, 1.165) is 22.4 Å².